The zero-order valence-corrected chi connectivity index (χ0v) is 12.9. The third kappa shape index (κ3) is 4.25. The first-order valence-corrected chi connectivity index (χ1v) is 7.81. The normalized spacial score (nSPS) is 17.3. The maximum atomic E-state index is 13.6. The third-order valence-corrected chi connectivity index (χ3v) is 4.29. The molecule has 0 saturated carbocycles. The van der Waals surface area contributed by atoms with Gasteiger partial charge in [-0.1, -0.05) is 32.0 Å². The lowest BCUT2D eigenvalue weighted by Crippen LogP contribution is -2.33. The molecule has 1 aliphatic rings. The highest BCUT2D eigenvalue weighted by Crippen LogP contribution is 2.23. The second-order valence-electron chi connectivity index (χ2n) is 5.72. The monoisotopic (exact) mass is 294 g/mol. The van der Waals surface area contributed by atoms with E-state index in [1.54, 1.807) is 6.07 Å². The summed E-state index contributed by atoms with van der Waals surface area (Å²) in [5.74, 6) is 0.613. The summed E-state index contributed by atoms with van der Waals surface area (Å²) in [6, 6.07) is 4.89. The van der Waals surface area contributed by atoms with Crippen LogP contribution in [0.15, 0.2) is 18.2 Å². The van der Waals surface area contributed by atoms with Crippen LogP contribution in [0.2, 0.25) is 0 Å². The molecule has 2 nitrogen and oxygen atoms in total. The molecule has 0 aliphatic carbocycles. The molecule has 0 spiro atoms. The van der Waals surface area contributed by atoms with Gasteiger partial charge in [-0.05, 0) is 55.6 Å². The van der Waals surface area contributed by atoms with E-state index in [9.17, 15) is 4.39 Å². The number of nitrogens with two attached hydrogens (primary N) is 1. The van der Waals surface area contributed by atoms with Gasteiger partial charge < -0.3 is 5.73 Å². The average molecular weight is 294 g/mol. The largest absolute Gasteiger partial charge is 0.389 e. The Labute approximate surface area is 126 Å². The van der Waals surface area contributed by atoms with Crippen molar-refractivity contribution in [2.24, 2.45) is 11.7 Å². The van der Waals surface area contributed by atoms with Gasteiger partial charge in [-0.2, -0.15) is 0 Å². The smallest absolute Gasteiger partial charge is 0.124 e. The molecule has 4 heteroatoms. The van der Waals surface area contributed by atoms with Gasteiger partial charge in [-0.15, -0.1) is 0 Å². The molecule has 0 radical (unpaired) electrons. The van der Waals surface area contributed by atoms with E-state index in [0.717, 1.165) is 31.1 Å². The molecule has 2 rings (SSSR count). The second-order valence-corrected chi connectivity index (χ2v) is 6.16. The van der Waals surface area contributed by atoms with Gasteiger partial charge in [0.25, 0.3) is 0 Å². The lowest BCUT2D eigenvalue weighted by atomic mass is 9.92. The number of hydrogen-bond donors (Lipinski definition) is 1. The first kappa shape index (κ1) is 15.4. The van der Waals surface area contributed by atoms with Crippen molar-refractivity contribution in [3.05, 3.63) is 35.1 Å². The first-order valence-electron chi connectivity index (χ1n) is 7.40. The third-order valence-electron chi connectivity index (χ3n) is 4.05. The number of nitrogens with zero attached hydrogens (tertiary/aromatic N) is 1. The lowest BCUT2D eigenvalue weighted by Gasteiger charge is -2.32. The van der Waals surface area contributed by atoms with Crippen molar-refractivity contribution in [1.29, 1.82) is 0 Å². The molecule has 2 N–H and O–H groups in total. The minimum absolute atomic E-state index is 0.257. The van der Waals surface area contributed by atoms with Gasteiger partial charge in [0.2, 0.25) is 0 Å². The summed E-state index contributed by atoms with van der Waals surface area (Å²) in [6.45, 7) is 5.23. The molecular weight excluding hydrogens is 271 g/mol. The maximum Gasteiger partial charge on any atom is 0.124 e. The van der Waals surface area contributed by atoms with Crippen LogP contribution in [0.1, 0.15) is 43.7 Å². The molecule has 1 aliphatic heterocycles. The summed E-state index contributed by atoms with van der Waals surface area (Å²) in [7, 11) is 0. The van der Waals surface area contributed by atoms with Crippen molar-refractivity contribution < 1.29 is 4.39 Å². The minimum Gasteiger partial charge on any atom is -0.389 e. The van der Waals surface area contributed by atoms with Crippen LogP contribution in [0, 0.1) is 11.7 Å². The number of piperidine rings is 1. The van der Waals surface area contributed by atoms with Gasteiger partial charge in [0.05, 0.1) is 0 Å². The molecular formula is C16H23FN2S. The standard InChI is InChI=1S/C16H23FN2S/c1-2-3-12-4-6-19(7-5-12)11-13-8-14(16(18)20)10-15(17)9-13/h8-10,12H,2-7,11H2,1H3,(H2,18,20). The van der Waals surface area contributed by atoms with Crippen molar-refractivity contribution in [1.82, 2.24) is 4.90 Å². The number of thiocarbonyl (C=S) groups is 1. The molecule has 110 valence electrons. The quantitative estimate of drug-likeness (QED) is 0.843. The van der Waals surface area contributed by atoms with Gasteiger partial charge in [-0.25, -0.2) is 4.39 Å². The van der Waals surface area contributed by atoms with Crippen molar-refractivity contribution >= 4 is 17.2 Å². The van der Waals surface area contributed by atoms with Gasteiger partial charge in [0.15, 0.2) is 0 Å². The average Bonchev–Trinajstić information content (AvgIpc) is 2.40. The first-order chi connectivity index (χ1) is 9.58. The summed E-state index contributed by atoms with van der Waals surface area (Å²) in [4.78, 5) is 2.65. The molecule has 0 amide bonds. The van der Waals surface area contributed by atoms with Crippen LogP contribution >= 0.6 is 12.2 Å². The molecule has 1 saturated heterocycles. The van der Waals surface area contributed by atoms with E-state index in [0.29, 0.717) is 5.56 Å². The van der Waals surface area contributed by atoms with Crippen LogP contribution < -0.4 is 5.73 Å². The Morgan fingerprint density at radius 1 is 1.35 bits per heavy atom. The van der Waals surface area contributed by atoms with Crippen LogP contribution in [-0.4, -0.2) is 23.0 Å². The van der Waals surface area contributed by atoms with Crippen molar-refractivity contribution in [2.45, 2.75) is 39.2 Å². The van der Waals surface area contributed by atoms with E-state index < -0.39 is 0 Å². The second kappa shape index (κ2) is 7.14. The number of hydrogen-bond acceptors (Lipinski definition) is 2. The summed E-state index contributed by atoms with van der Waals surface area (Å²) in [5, 5.41) is 0. The lowest BCUT2D eigenvalue weighted by molar-refractivity contribution is 0.171. The van der Waals surface area contributed by atoms with Crippen LogP contribution in [-0.2, 0) is 6.54 Å². The summed E-state index contributed by atoms with van der Waals surface area (Å²) >= 11 is 4.93. The summed E-state index contributed by atoms with van der Waals surface area (Å²) in [5.41, 5.74) is 7.17. The van der Waals surface area contributed by atoms with E-state index in [-0.39, 0.29) is 10.8 Å². The van der Waals surface area contributed by atoms with E-state index in [4.69, 9.17) is 18.0 Å². The molecule has 0 unspecified atom stereocenters. The molecule has 1 aromatic carbocycles. The highest BCUT2D eigenvalue weighted by Gasteiger charge is 2.18. The van der Waals surface area contributed by atoms with Crippen molar-refractivity contribution in [2.75, 3.05) is 13.1 Å². The maximum absolute atomic E-state index is 13.6. The molecule has 0 aromatic heterocycles. The van der Waals surface area contributed by atoms with Crippen LogP contribution in [0.5, 0.6) is 0 Å². The number of halogens is 1. The fourth-order valence-corrected chi connectivity index (χ4v) is 3.10. The highest BCUT2D eigenvalue weighted by atomic mass is 32.1. The SMILES string of the molecule is CCCC1CCN(Cc2cc(F)cc(C(N)=S)c2)CC1. The Morgan fingerprint density at radius 2 is 2.05 bits per heavy atom. The van der Waals surface area contributed by atoms with Gasteiger partial charge in [-0.3, -0.25) is 4.90 Å². The van der Waals surface area contributed by atoms with Gasteiger partial charge >= 0.3 is 0 Å². The van der Waals surface area contributed by atoms with E-state index in [1.807, 2.05) is 6.07 Å². The van der Waals surface area contributed by atoms with Gasteiger partial charge in [0.1, 0.15) is 10.8 Å². The van der Waals surface area contributed by atoms with E-state index in [1.165, 1.54) is 31.7 Å². The predicted octanol–water partition coefficient (Wildman–Crippen LogP) is 3.47. The van der Waals surface area contributed by atoms with Crippen molar-refractivity contribution in [3.8, 4) is 0 Å². The van der Waals surface area contributed by atoms with Crippen LogP contribution in [0.4, 0.5) is 4.39 Å². The Hall–Kier alpha value is -1.00. The van der Waals surface area contributed by atoms with E-state index >= 15 is 0 Å². The van der Waals surface area contributed by atoms with Gasteiger partial charge in [0, 0.05) is 12.1 Å². The molecule has 20 heavy (non-hydrogen) atoms. The zero-order chi connectivity index (χ0) is 14.5. The fourth-order valence-electron chi connectivity index (χ4n) is 2.98. The predicted molar refractivity (Wildman–Crippen MR) is 85.2 cm³/mol. The van der Waals surface area contributed by atoms with Crippen molar-refractivity contribution in [3.63, 3.8) is 0 Å². The zero-order valence-electron chi connectivity index (χ0n) is 12.1. The number of benzene rings is 1. The Morgan fingerprint density at radius 3 is 2.65 bits per heavy atom. The van der Waals surface area contributed by atoms with E-state index in [2.05, 4.69) is 11.8 Å². The van der Waals surface area contributed by atoms with Crippen LogP contribution in [0.3, 0.4) is 0 Å². The molecule has 0 bridgehead atoms. The molecule has 1 heterocycles. The molecule has 1 fully saturated rings. The topological polar surface area (TPSA) is 29.3 Å². The summed E-state index contributed by atoms with van der Waals surface area (Å²) < 4.78 is 13.6. The highest BCUT2D eigenvalue weighted by molar-refractivity contribution is 7.80. The Kier molecular flexibility index (Phi) is 5.49. The Bertz CT molecular complexity index is 468. The van der Waals surface area contributed by atoms with Crippen LogP contribution in [0.25, 0.3) is 0 Å². The Balaban J connectivity index is 1.96. The molecule has 1 aromatic rings. The minimum atomic E-state index is -0.258. The molecule has 0 atom stereocenters. The number of rotatable bonds is 5. The number of likely N-dealkylation sites (tertiary alicyclic amines) is 1. The fraction of sp³-hybridized carbons (Fsp3) is 0.562. The summed E-state index contributed by atoms with van der Waals surface area (Å²) in [6.07, 6.45) is 5.11.